The highest BCUT2D eigenvalue weighted by Crippen LogP contribution is 2.42. The summed E-state index contributed by atoms with van der Waals surface area (Å²) in [5.41, 5.74) is 12.4. The lowest BCUT2D eigenvalue weighted by atomic mass is 10.00. The van der Waals surface area contributed by atoms with Gasteiger partial charge in [0.2, 0.25) is 0 Å². The number of hydrogen-bond acceptors (Lipinski definition) is 8. The molecule has 0 amide bonds. The third-order valence-corrected chi connectivity index (χ3v) is 12.5. The smallest absolute Gasteiger partial charge is 0.140 e. The van der Waals surface area contributed by atoms with Crippen LogP contribution in [0.15, 0.2) is 206 Å². The molecule has 286 valence electrons. The Morgan fingerprint density at radius 3 is 0.900 bits per heavy atom. The van der Waals surface area contributed by atoms with Crippen LogP contribution in [0.4, 0.5) is 32.8 Å². The van der Waals surface area contributed by atoms with Gasteiger partial charge in [0.25, 0.3) is 0 Å². The van der Waals surface area contributed by atoms with Crippen molar-refractivity contribution in [1.82, 2.24) is 30.0 Å². The summed E-state index contributed by atoms with van der Waals surface area (Å²) < 4.78 is 0. The van der Waals surface area contributed by atoms with Crippen molar-refractivity contribution in [3.05, 3.63) is 206 Å². The van der Waals surface area contributed by atoms with Crippen molar-refractivity contribution in [2.45, 2.75) is 0 Å². The fourth-order valence-corrected chi connectivity index (χ4v) is 9.33. The molecule has 0 saturated heterocycles. The maximum Gasteiger partial charge on any atom is 0.140 e. The van der Waals surface area contributed by atoms with E-state index in [2.05, 4.69) is 155 Å². The number of nitrogens with zero attached hydrogens (tertiary/aromatic N) is 8. The van der Waals surface area contributed by atoms with Crippen LogP contribution in [0, 0.1) is 0 Å². The summed E-state index contributed by atoms with van der Waals surface area (Å²) in [6.45, 7) is 0. The third-order valence-electron chi connectivity index (χ3n) is 10.4. The first-order valence-corrected chi connectivity index (χ1v) is 21.2. The summed E-state index contributed by atoms with van der Waals surface area (Å²) in [6, 6.07) is 71.6. The molecular formula is C50H34N8S2. The van der Waals surface area contributed by atoms with Gasteiger partial charge < -0.3 is 9.80 Å². The zero-order valence-corrected chi connectivity index (χ0v) is 33.7. The quantitative estimate of drug-likeness (QED) is 0.137. The molecule has 10 heteroatoms. The van der Waals surface area contributed by atoms with E-state index in [-0.39, 0.29) is 0 Å². The molecule has 0 fully saturated rings. The van der Waals surface area contributed by atoms with Crippen LogP contribution in [-0.4, -0.2) is 30.0 Å². The molecule has 0 radical (unpaired) electrons. The molecule has 0 aliphatic rings. The van der Waals surface area contributed by atoms with Gasteiger partial charge in [-0.05, 0) is 119 Å². The van der Waals surface area contributed by atoms with E-state index in [0.717, 1.165) is 87.1 Å². The summed E-state index contributed by atoms with van der Waals surface area (Å²) in [5.74, 6) is 0. The number of anilines is 6. The van der Waals surface area contributed by atoms with E-state index in [0.29, 0.717) is 0 Å². The predicted molar refractivity (Wildman–Crippen MR) is 247 cm³/mol. The minimum Gasteiger partial charge on any atom is -0.302 e. The standard InChI is InChI=1S/C50H34N8S2/c1-3-11-39(12-4-1)55(47-31-33-49(59-47)57-51-43-15-7-8-16-44(43)52-57)41-27-23-37(24-28-41)35-19-21-36(22-20-35)38-25-29-42(30-26-38)56(40-13-5-2-6-14-40)48-32-34-50(60-48)58-53-45-17-9-10-18-46(45)54-58/h1-34H. The first-order valence-electron chi connectivity index (χ1n) is 19.6. The Labute approximate surface area is 354 Å². The van der Waals surface area contributed by atoms with E-state index in [4.69, 9.17) is 20.4 Å². The molecule has 0 spiro atoms. The van der Waals surface area contributed by atoms with Crippen molar-refractivity contribution in [1.29, 1.82) is 0 Å². The van der Waals surface area contributed by atoms with Crippen LogP contribution in [0.25, 0.3) is 54.3 Å². The van der Waals surface area contributed by atoms with Crippen molar-refractivity contribution in [2.75, 3.05) is 9.80 Å². The lowest BCUT2D eigenvalue weighted by molar-refractivity contribution is 0.779. The van der Waals surface area contributed by atoms with Crippen molar-refractivity contribution < 1.29 is 0 Å². The first-order chi connectivity index (χ1) is 29.7. The minimum absolute atomic E-state index is 0.877. The number of para-hydroxylation sites is 2. The maximum absolute atomic E-state index is 4.71. The van der Waals surface area contributed by atoms with Gasteiger partial charge in [0.1, 0.15) is 42.1 Å². The largest absolute Gasteiger partial charge is 0.302 e. The van der Waals surface area contributed by atoms with E-state index in [9.17, 15) is 0 Å². The second kappa shape index (κ2) is 15.3. The number of aromatic nitrogens is 6. The van der Waals surface area contributed by atoms with Crippen LogP contribution >= 0.6 is 22.7 Å². The van der Waals surface area contributed by atoms with Gasteiger partial charge in [-0.15, -0.1) is 30.0 Å². The van der Waals surface area contributed by atoms with Crippen LogP contribution < -0.4 is 9.80 Å². The highest BCUT2D eigenvalue weighted by Gasteiger charge is 2.18. The first kappa shape index (κ1) is 35.5. The highest BCUT2D eigenvalue weighted by molar-refractivity contribution is 7.19. The van der Waals surface area contributed by atoms with Gasteiger partial charge in [0.15, 0.2) is 0 Å². The Bertz CT molecular complexity index is 2920. The van der Waals surface area contributed by atoms with Gasteiger partial charge in [-0.1, -0.05) is 132 Å². The molecule has 11 rings (SSSR count). The Morgan fingerprint density at radius 2 is 0.567 bits per heavy atom. The summed E-state index contributed by atoms with van der Waals surface area (Å²) in [7, 11) is 0. The molecule has 0 unspecified atom stereocenters. The number of hydrogen-bond donors (Lipinski definition) is 0. The Hall–Kier alpha value is -7.66. The van der Waals surface area contributed by atoms with Gasteiger partial charge in [-0.25, -0.2) is 0 Å². The van der Waals surface area contributed by atoms with Gasteiger partial charge in [0.05, 0.1) is 0 Å². The molecule has 0 saturated carbocycles. The van der Waals surface area contributed by atoms with Gasteiger partial charge >= 0.3 is 0 Å². The molecule has 0 N–H and O–H groups in total. The van der Waals surface area contributed by atoms with E-state index in [1.807, 2.05) is 60.7 Å². The number of fused-ring (bicyclic) bond motifs is 2. The number of thiophene rings is 2. The molecule has 11 aromatic rings. The highest BCUT2D eigenvalue weighted by atomic mass is 32.1. The van der Waals surface area contributed by atoms with Crippen LogP contribution in [0.3, 0.4) is 0 Å². The molecule has 7 aromatic carbocycles. The average molecular weight is 811 g/mol. The molecule has 0 aliphatic heterocycles. The van der Waals surface area contributed by atoms with Crippen molar-refractivity contribution in [3.8, 4) is 32.3 Å². The van der Waals surface area contributed by atoms with E-state index in [1.165, 1.54) is 0 Å². The monoisotopic (exact) mass is 810 g/mol. The van der Waals surface area contributed by atoms with Crippen molar-refractivity contribution >= 4 is 77.5 Å². The molecule has 0 atom stereocenters. The van der Waals surface area contributed by atoms with E-state index in [1.54, 1.807) is 32.3 Å². The zero-order valence-electron chi connectivity index (χ0n) is 32.0. The molecule has 4 heterocycles. The Morgan fingerprint density at radius 1 is 0.283 bits per heavy atom. The topological polar surface area (TPSA) is 67.9 Å². The Kier molecular flexibility index (Phi) is 9.03. The van der Waals surface area contributed by atoms with Crippen LogP contribution in [0.1, 0.15) is 0 Å². The molecule has 0 bridgehead atoms. The van der Waals surface area contributed by atoms with E-state index < -0.39 is 0 Å². The zero-order chi connectivity index (χ0) is 39.8. The fourth-order valence-electron chi connectivity index (χ4n) is 7.43. The van der Waals surface area contributed by atoms with E-state index >= 15 is 0 Å². The third kappa shape index (κ3) is 6.79. The fraction of sp³-hybridized carbons (Fsp3) is 0. The Balaban J connectivity index is 0.838. The molecule has 60 heavy (non-hydrogen) atoms. The minimum atomic E-state index is 0.877. The lowest BCUT2D eigenvalue weighted by Gasteiger charge is -2.24. The van der Waals surface area contributed by atoms with Crippen LogP contribution in [0.2, 0.25) is 0 Å². The summed E-state index contributed by atoms with van der Waals surface area (Å²) in [5, 5.41) is 22.9. The summed E-state index contributed by atoms with van der Waals surface area (Å²) in [6.07, 6.45) is 0. The number of benzene rings is 7. The summed E-state index contributed by atoms with van der Waals surface area (Å²) >= 11 is 3.31. The number of rotatable bonds is 10. The molecule has 4 aromatic heterocycles. The maximum atomic E-state index is 4.71. The molecule has 0 aliphatic carbocycles. The van der Waals surface area contributed by atoms with Gasteiger partial charge in [-0.2, -0.15) is 0 Å². The lowest BCUT2D eigenvalue weighted by Crippen LogP contribution is -2.08. The molecular weight excluding hydrogens is 777 g/mol. The summed E-state index contributed by atoms with van der Waals surface area (Å²) in [4.78, 5) is 8.02. The molecule has 8 nitrogen and oxygen atoms in total. The average Bonchev–Trinajstić information content (AvgIpc) is 4.15. The van der Waals surface area contributed by atoms with Crippen molar-refractivity contribution in [3.63, 3.8) is 0 Å². The second-order valence-corrected chi connectivity index (χ2v) is 16.3. The van der Waals surface area contributed by atoms with Crippen molar-refractivity contribution in [2.24, 2.45) is 0 Å². The van der Waals surface area contributed by atoms with Crippen LogP contribution in [-0.2, 0) is 0 Å². The van der Waals surface area contributed by atoms with Gasteiger partial charge in [-0.3, -0.25) is 0 Å². The SMILES string of the molecule is c1ccc(N(c2ccc(-c3ccc(-c4ccc(N(c5ccccc5)c5ccc(-n6nc7ccccc7n6)s5)cc4)cc3)cc2)c2ccc(-n3nc4ccccc4n3)s2)cc1. The normalized spacial score (nSPS) is 11.3. The second-order valence-electron chi connectivity index (χ2n) is 14.2. The predicted octanol–water partition coefficient (Wildman–Crippen LogP) is 13.6. The van der Waals surface area contributed by atoms with Gasteiger partial charge in [0, 0.05) is 22.7 Å². The van der Waals surface area contributed by atoms with Crippen LogP contribution in [0.5, 0.6) is 0 Å².